The lowest BCUT2D eigenvalue weighted by Crippen LogP contribution is -1.96. The van der Waals surface area contributed by atoms with Crippen molar-refractivity contribution in [1.82, 2.24) is 9.97 Å². The van der Waals surface area contributed by atoms with E-state index in [1.165, 1.54) is 6.07 Å². The molecule has 48 heavy (non-hydrogen) atoms. The normalized spacial score (nSPS) is 14.2. The van der Waals surface area contributed by atoms with Gasteiger partial charge in [-0.25, -0.2) is 9.97 Å². The molecule has 0 aliphatic carbocycles. The first-order valence-corrected chi connectivity index (χ1v) is 15.5. The summed E-state index contributed by atoms with van der Waals surface area (Å²) in [7, 11) is 0. The molecule has 0 spiro atoms. The molecule has 224 valence electrons. The van der Waals surface area contributed by atoms with Gasteiger partial charge >= 0.3 is 0 Å². The quantitative estimate of drug-likeness (QED) is 0.141. The second-order valence-electron chi connectivity index (χ2n) is 11.4. The second kappa shape index (κ2) is 11.8. The molecule has 1 aromatic heterocycles. The molecule has 1 heterocycles. The molecule has 0 atom stereocenters. The lowest BCUT2D eigenvalue weighted by molar-refractivity contribution is 1.18. The van der Waals surface area contributed by atoms with Crippen molar-refractivity contribution in [1.29, 1.82) is 0 Å². The van der Waals surface area contributed by atoms with Crippen LogP contribution in [0.3, 0.4) is 0 Å². The predicted octanol–water partition coefficient (Wildman–Crippen LogP) is 12.3. The molecule has 8 aromatic carbocycles. The van der Waals surface area contributed by atoms with Crippen molar-refractivity contribution in [3.05, 3.63) is 182 Å². The van der Waals surface area contributed by atoms with E-state index in [-0.39, 0.29) is 28.3 Å². The average molecular weight is 621 g/mol. The first-order chi connectivity index (χ1) is 28.0. The number of hydrogen-bond acceptors (Lipinski definition) is 2. The summed E-state index contributed by atoms with van der Waals surface area (Å²) in [6.45, 7) is 0. The van der Waals surface area contributed by atoms with E-state index in [9.17, 15) is 0 Å². The molecular formula is C46H30N2. The van der Waals surface area contributed by atoms with Crippen LogP contribution in [0.15, 0.2) is 182 Å². The van der Waals surface area contributed by atoms with Gasteiger partial charge in [-0.05, 0) is 60.6 Å². The highest BCUT2D eigenvalue weighted by atomic mass is 14.9. The van der Waals surface area contributed by atoms with E-state index in [0.717, 1.165) is 54.6 Å². The summed E-state index contributed by atoms with van der Waals surface area (Å²) in [5.41, 5.74) is 4.48. The van der Waals surface area contributed by atoms with Crippen LogP contribution in [0.1, 0.15) is 13.7 Å². The Bertz CT molecular complexity index is 3020. The lowest BCUT2D eigenvalue weighted by atomic mass is 9.84. The average Bonchev–Trinajstić information content (AvgIpc) is 3.25. The van der Waals surface area contributed by atoms with Crippen LogP contribution in [-0.2, 0) is 0 Å². The highest BCUT2D eigenvalue weighted by Crippen LogP contribution is 2.46. The highest BCUT2D eigenvalue weighted by molar-refractivity contribution is 6.27. The molecule has 0 saturated heterocycles. The van der Waals surface area contributed by atoms with Crippen molar-refractivity contribution < 1.29 is 13.7 Å². The zero-order chi connectivity index (χ0) is 40.6. The summed E-state index contributed by atoms with van der Waals surface area (Å²) in [4.78, 5) is 9.23. The van der Waals surface area contributed by atoms with E-state index in [1.807, 2.05) is 66.7 Å². The monoisotopic (exact) mass is 620 g/mol. The van der Waals surface area contributed by atoms with E-state index in [1.54, 1.807) is 0 Å². The zero-order valence-corrected chi connectivity index (χ0v) is 25.4. The van der Waals surface area contributed by atoms with Crippen LogP contribution in [0.2, 0.25) is 0 Å². The van der Waals surface area contributed by atoms with Gasteiger partial charge in [-0.2, -0.15) is 0 Å². The van der Waals surface area contributed by atoms with Crippen molar-refractivity contribution in [2.45, 2.75) is 0 Å². The van der Waals surface area contributed by atoms with Crippen molar-refractivity contribution in [3.63, 3.8) is 0 Å². The summed E-state index contributed by atoms with van der Waals surface area (Å²) >= 11 is 0. The standard InChI is InChI=1S/C46H30N2/c1-4-15-32(16-5-1)41-30-42(48-46(47-41)36-19-8-3-9-20-36)33-24-26-35(27-25-33)44-39-23-13-12-22-38(39)43(34-17-6-2-7-18-34)40-29-28-31-14-10-11-21-37(31)45(40)44/h1-30H/i1D,3D,4D,5D,8D,9D,15D,16D,19D,20D. The third-order valence-electron chi connectivity index (χ3n) is 8.65. The van der Waals surface area contributed by atoms with Crippen LogP contribution in [0, 0.1) is 0 Å². The van der Waals surface area contributed by atoms with Gasteiger partial charge in [-0.3, -0.25) is 0 Å². The summed E-state index contributed by atoms with van der Waals surface area (Å²) in [5.74, 6) is -0.250. The maximum absolute atomic E-state index is 8.69. The third-order valence-corrected chi connectivity index (χ3v) is 8.65. The van der Waals surface area contributed by atoms with Gasteiger partial charge in [0.05, 0.1) is 25.1 Å². The molecule has 2 heteroatoms. The summed E-state index contributed by atoms with van der Waals surface area (Å²) < 4.78 is 84.2. The summed E-state index contributed by atoms with van der Waals surface area (Å²) in [6.07, 6.45) is 0. The highest BCUT2D eigenvalue weighted by Gasteiger charge is 2.19. The maximum atomic E-state index is 8.69. The number of fused-ring (bicyclic) bond motifs is 4. The van der Waals surface area contributed by atoms with E-state index < -0.39 is 60.4 Å². The van der Waals surface area contributed by atoms with Crippen LogP contribution in [-0.4, -0.2) is 9.97 Å². The zero-order valence-electron chi connectivity index (χ0n) is 35.4. The number of aromatic nitrogens is 2. The van der Waals surface area contributed by atoms with Crippen LogP contribution in [0.4, 0.5) is 0 Å². The molecule has 0 radical (unpaired) electrons. The van der Waals surface area contributed by atoms with Gasteiger partial charge in [0.2, 0.25) is 0 Å². The number of nitrogens with zero attached hydrogens (tertiary/aromatic N) is 2. The third kappa shape index (κ3) is 4.83. The topological polar surface area (TPSA) is 25.8 Å². The first-order valence-electron chi connectivity index (χ1n) is 20.5. The Morgan fingerprint density at radius 2 is 0.917 bits per heavy atom. The minimum atomic E-state index is -0.582. The Labute approximate surface area is 293 Å². The Hall–Kier alpha value is -6.38. The molecule has 0 bridgehead atoms. The molecule has 0 aliphatic rings. The number of hydrogen-bond donors (Lipinski definition) is 0. The molecular weight excluding hydrogens is 581 g/mol. The fraction of sp³-hybridized carbons (Fsp3) is 0. The van der Waals surface area contributed by atoms with Gasteiger partial charge < -0.3 is 0 Å². The molecule has 0 unspecified atom stereocenters. The number of rotatable bonds is 5. The van der Waals surface area contributed by atoms with Crippen LogP contribution in [0.5, 0.6) is 0 Å². The van der Waals surface area contributed by atoms with E-state index >= 15 is 0 Å². The largest absolute Gasteiger partial charge is 0.228 e. The van der Waals surface area contributed by atoms with Crippen LogP contribution >= 0.6 is 0 Å². The second-order valence-corrected chi connectivity index (χ2v) is 11.4. The van der Waals surface area contributed by atoms with Crippen molar-refractivity contribution in [2.75, 3.05) is 0 Å². The molecule has 9 aromatic rings. The molecule has 0 amide bonds. The smallest absolute Gasteiger partial charge is 0.160 e. The Balaban J connectivity index is 1.30. The maximum Gasteiger partial charge on any atom is 0.160 e. The Kier molecular flexibility index (Phi) is 4.74. The molecule has 9 rings (SSSR count). The first kappa shape index (κ1) is 19.3. The summed E-state index contributed by atoms with van der Waals surface area (Å²) in [6, 6.07) is 35.1. The van der Waals surface area contributed by atoms with Crippen LogP contribution < -0.4 is 0 Å². The van der Waals surface area contributed by atoms with Crippen molar-refractivity contribution in [2.24, 2.45) is 0 Å². The van der Waals surface area contributed by atoms with Crippen molar-refractivity contribution in [3.8, 4) is 56.2 Å². The SMILES string of the molecule is [2H]c1c([2H])c([2H])c(-c2cc(-c3ccc(-c4c5ccccc5c(-c5ccccc5)c5ccc6ccccc6c45)cc3)nc(-c3c([2H])c([2H])c([2H])c([2H])c3[2H])n2)c([2H])c1[2H]. The van der Waals surface area contributed by atoms with Gasteiger partial charge in [-0.15, -0.1) is 0 Å². The molecule has 2 nitrogen and oxygen atoms in total. The minimum absolute atomic E-state index is 0.0622. The van der Waals surface area contributed by atoms with E-state index in [4.69, 9.17) is 18.7 Å². The molecule has 0 fully saturated rings. The minimum Gasteiger partial charge on any atom is -0.228 e. The van der Waals surface area contributed by atoms with Crippen LogP contribution in [0.25, 0.3) is 88.5 Å². The van der Waals surface area contributed by atoms with Gasteiger partial charge in [0, 0.05) is 16.7 Å². The predicted molar refractivity (Wildman–Crippen MR) is 202 cm³/mol. The molecule has 0 saturated carbocycles. The van der Waals surface area contributed by atoms with Gasteiger partial charge in [-0.1, -0.05) is 176 Å². The molecule has 0 N–H and O–H groups in total. The summed E-state index contributed by atoms with van der Waals surface area (Å²) in [5, 5.41) is 6.56. The van der Waals surface area contributed by atoms with E-state index in [2.05, 4.69) is 53.5 Å². The Morgan fingerprint density at radius 1 is 0.375 bits per heavy atom. The molecule has 0 aliphatic heterocycles. The van der Waals surface area contributed by atoms with Gasteiger partial charge in [0.25, 0.3) is 0 Å². The number of benzene rings is 8. The van der Waals surface area contributed by atoms with Crippen molar-refractivity contribution >= 4 is 32.3 Å². The van der Waals surface area contributed by atoms with Gasteiger partial charge in [0.1, 0.15) is 0 Å². The fourth-order valence-electron chi connectivity index (χ4n) is 6.55. The Morgan fingerprint density at radius 3 is 1.62 bits per heavy atom. The van der Waals surface area contributed by atoms with Gasteiger partial charge in [0.15, 0.2) is 5.82 Å². The fourth-order valence-corrected chi connectivity index (χ4v) is 6.55. The lowest BCUT2D eigenvalue weighted by Gasteiger charge is -2.19. The van der Waals surface area contributed by atoms with E-state index in [0.29, 0.717) is 5.56 Å².